The smallest absolute Gasteiger partial charge is 0.407 e. The number of hydrogen-bond acceptors (Lipinski definition) is 3. The lowest BCUT2D eigenvalue weighted by Gasteiger charge is -2.36. The highest BCUT2D eigenvalue weighted by atomic mass is 16.6. The molecular formula is C17H26N2O2. The minimum Gasteiger partial charge on any atom is -0.444 e. The zero-order valence-corrected chi connectivity index (χ0v) is 13.2. The molecule has 1 aromatic carbocycles. The van der Waals surface area contributed by atoms with Crippen LogP contribution in [-0.4, -0.2) is 30.8 Å². The molecule has 1 saturated carbocycles. The van der Waals surface area contributed by atoms with Gasteiger partial charge >= 0.3 is 6.09 Å². The van der Waals surface area contributed by atoms with Crippen LogP contribution in [0.2, 0.25) is 0 Å². The van der Waals surface area contributed by atoms with E-state index in [0.29, 0.717) is 18.5 Å². The van der Waals surface area contributed by atoms with E-state index in [9.17, 15) is 4.79 Å². The number of carbonyl (C=O) groups excluding carboxylic acids is 1. The van der Waals surface area contributed by atoms with Crippen molar-refractivity contribution < 1.29 is 9.53 Å². The Hall–Kier alpha value is -1.55. The van der Waals surface area contributed by atoms with Crippen molar-refractivity contribution in [1.82, 2.24) is 10.6 Å². The molecule has 0 atom stereocenters. The summed E-state index contributed by atoms with van der Waals surface area (Å²) in [5.41, 5.74) is 0.997. The summed E-state index contributed by atoms with van der Waals surface area (Å²) in [6.07, 6.45) is 2.01. The van der Waals surface area contributed by atoms with Gasteiger partial charge in [-0.1, -0.05) is 30.3 Å². The van der Waals surface area contributed by atoms with E-state index in [1.807, 2.05) is 20.8 Å². The first-order chi connectivity index (χ1) is 9.94. The van der Waals surface area contributed by atoms with E-state index in [4.69, 9.17) is 4.74 Å². The molecule has 0 unspecified atom stereocenters. The molecule has 0 spiro atoms. The van der Waals surface area contributed by atoms with Gasteiger partial charge in [0, 0.05) is 19.1 Å². The van der Waals surface area contributed by atoms with Crippen molar-refractivity contribution in [3.05, 3.63) is 35.9 Å². The average Bonchev–Trinajstić information content (AvgIpc) is 2.35. The Morgan fingerprint density at radius 2 is 1.86 bits per heavy atom. The van der Waals surface area contributed by atoms with Crippen LogP contribution in [0.5, 0.6) is 0 Å². The fraction of sp³-hybridized carbons (Fsp3) is 0.588. The fourth-order valence-electron chi connectivity index (χ4n) is 2.54. The Labute approximate surface area is 127 Å². The highest BCUT2D eigenvalue weighted by Gasteiger charge is 2.29. The van der Waals surface area contributed by atoms with Crippen LogP contribution >= 0.6 is 0 Å². The Bertz CT molecular complexity index is 448. The van der Waals surface area contributed by atoms with Gasteiger partial charge in [0.25, 0.3) is 0 Å². The first kappa shape index (κ1) is 15.8. The van der Waals surface area contributed by atoms with Crippen LogP contribution < -0.4 is 10.6 Å². The Kier molecular flexibility index (Phi) is 5.23. The molecule has 116 valence electrons. The third kappa shape index (κ3) is 5.38. The lowest BCUT2D eigenvalue weighted by atomic mass is 9.76. The Balaban J connectivity index is 1.55. The monoisotopic (exact) mass is 290 g/mol. The van der Waals surface area contributed by atoms with E-state index < -0.39 is 5.60 Å². The quantitative estimate of drug-likeness (QED) is 0.820. The van der Waals surface area contributed by atoms with Gasteiger partial charge in [-0.25, -0.2) is 4.79 Å². The summed E-state index contributed by atoms with van der Waals surface area (Å²) in [6, 6.07) is 11.2. The van der Waals surface area contributed by atoms with Gasteiger partial charge in [0.05, 0.1) is 0 Å². The zero-order chi connectivity index (χ0) is 15.3. The first-order valence-corrected chi connectivity index (χ1v) is 7.69. The zero-order valence-electron chi connectivity index (χ0n) is 13.2. The molecule has 1 aliphatic carbocycles. The lowest BCUT2D eigenvalue weighted by Crippen LogP contribution is -2.44. The standard InChI is InChI=1S/C17H26N2O2/c1-17(2,3)21-16(20)19-10-9-18-15-11-14(12-15)13-7-5-4-6-8-13/h4-8,14-15,18H,9-12H2,1-3H3,(H,19,20). The highest BCUT2D eigenvalue weighted by Crippen LogP contribution is 2.36. The van der Waals surface area contributed by atoms with E-state index in [1.54, 1.807) is 0 Å². The van der Waals surface area contributed by atoms with Crippen LogP contribution in [0.15, 0.2) is 30.3 Å². The number of rotatable bonds is 5. The number of hydrogen-bond donors (Lipinski definition) is 2. The van der Waals surface area contributed by atoms with Gasteiger partial charge in [-0.15, -0.1) is 0 Å². The summed E-state index contributed by atoms with van der Waals surface area (Å²) in [5, 5.41) is 6.23. The number of alkyl carbamates (subject to hydrolysis) is 1. The molecule has 0 heterocycles. The summed E-state index contributed by atoms with van der Waals surface area (Å²) >= 11 is 0. The second kappa shape index (κ2) is 6.94. The van der Waals surface area contributed by atoms with Gasteiger partial charge in [-0.05, 0) is 45.1 Å². The highest BCUT2D eigenvalue weighted by molar-refractivity contribution is 5.67. The van der Waals surface area contributed by atoms with Gasteiger partial charge in [0.2, 0.25) is 0 Å². The predicted molar refractivity (Wildman–Crippen MR) is 84.4 cm³/mol. The van der Waals surface area contributed by atoms with Crippen molar-refractivity contribution in [2.45, 2.75) is 51.2 Å². The SMILES string of the molecule is CC(C)(C)OC(=O)NCCNC1CC(c2ccccc2)C1. The largest absolute Gasteiger partial charge is 0.444 e. The fourth-order valence-corrected chi connectivity index (χ4v) is 2.54. The second-order valence-corrected chi connectivity index (χ2v) is 6.66. The van der Waals surface area contributed by atoms with Crippen LogP contribution in [0.3, 0.4) is 0 Å². The van der Waals surface area contributed by atoms with Gasteiger partial charge < -0.3 is 15.4 Å². The maximum absolute atomic E-state index is 11.5. The molecular weight excluding hydrogens is 264 g/mol. The molecule has 0 radical (unpaired) electrons. The maximum atomic E-state index is 11.5. The first-order valence-electron chi connectivity index (χ1n) is 7.69. The van der Waals surface area contributed by atoms with Gasteiger partial charge in [-0.2, -0.15) is 0 Å². The normalized spacial score (nSPS) is 21.5. The molecule has 2 N–H and O–H groups in total. The number of nitrogens with one attached hydrogen (secondary N) is 2. The van der Waals surface area contributed by atoms with Crippen LogP contribution in [0.1, 0.15) is 45.1 Å². The van der Waals surface area contributed by atoms with E-state index in [1.165, 1.54) is 18.4 Å². The summed E-state index contributed by atoms with van der Waals surface area (Å²) in [4.78, 5) is 11.5. The molecule has 1 aromatic rings. The minimum absolute atomic E-state index is 0.347. The molecule has 21 heavy (non-hydrogen) atoms. The van der Waals surface area contributed by atoms with Crippen LogP contribution in [0.4, 0.5) is 4.79 Å². The second-order valence-electron chi connectivity index (χ2n) is 6.66. The van der Waals surface area contributed by atoms with Crippen LogP contribution in [-0.2, 0) is 4.74 Å². The van der Waals surface area contributed by atoms with Crippen LogP contribution in [0, 0.1) is 0 Å². The van der Waals surface area contributed by atoms with Crippen molar-refractivity contribution in [2.75, 3.05) is 13.1 Å². The predicted octanol–water partition coefficient (Wildman–Crippen LogP) is 3.05. The maximum Gasteiger partial charge on any atom is 0.407 e. The number of carbonyl (C=O) groups is 1. The topological polar surface area (TPSA) is 50.4 Å². The molecule has 0 bridgehead atoms. The van der Waals surface area contributed by atoms with Gasteiger partial charge in [0.1, 0.15) is 5.60 Å². The molecule has 1 aliphatic rings. The van der Waals surface area contributed by atoms with E-state index in [0.717, 1.165) is 6.54 Å². The average molecular weight is 290 g/mol. The molecule has 0 aliphatic heterocycles. The molecule has 0 saturated heterocycles. The minimum atomic E-state index is -0.436. The summed E-state index contributed by atoms with van der Waals surface area (Å²) in [6.45, 7) is 6.97. The Morgan fingerprint density at radius 1 is 1.19 bits per heavy atom. The third-order valence-corrected chi connectivity index (χ3v) is 3.64. The van der Waals surface area contributed by atoms with Crippen LogP contribution in [0.25, 0.3) is 0 Å². The number of benzene rings is 1. The summed E-state index contributed by atoms with van der Waals surface area (Å²) < 4.78 is 5.18. The molecule has 1 fully saturated rings. The van der Waals surface area contributed by atoms with E-state index in [2.05, 4.69) is 41.0 Å². The summed E-state index contributed by atoms with van der Waals surface area (Å²) in [5.74, 6) is 0.683. The third-order valence-electron chi connectivity index (χ3n) is 3.64. The summed E-state index contributed by atoms with van der Waals surface area (Å²) in [7, 11) is 0. The van der Waals surface area contributed by atoms with Crippen molar-refractivity contribution >= 4 is 6.09 Å². The van der Waals surface area contributed by atoms with E-state index >= 15 is 0 Å². The van der Waals surface area contributed by atoms with Gasteiger partial charge in [-0.3, -0.25) is 0 Å². The van der Waals surface area contributed by atoms with Crippen molar-refractivity contribution in [3.63, 3.8) is 0 Å². The van der Waals surface area contributed by atoms with Gasteiger partial charge in [0.15, 0.2) is 0 Å². The molecule has 1 amide bonds. The molecule has 4 nitrogen and oxygen atoms in total. The van der Waals surface area contributed by atoms with Crippen molar-refractivity contribution in [1.29, 1.82) is 0 Å². The van der Waals surface area contributed by atoms with Crippen molar-refractivity contribution in [2.24, 2.45) is 0 Å². The number of amides is 1. The molecule has 2 rings (SSSR count). The van der Waals surface area contributed by atoms with Crippen molar-refractivity contribution in [3.8, 4) is 0 Å². The lowest BCUT2D eigenvalue weighted by molar-refractivity contribution is 0.0527. The number of ether oxygens (including phenoxy) is 1. The molecule has 4 heteroatoms. The Morgan fingerprint density at radius 3 is 2.48 bits per heavy atom. The molecule has 0 aromatic heterocycles. The van der Waals surface area contributed by atoms with E-state index in [-0.39, 0.29) is 6.09 Å².